The molecule has 1 N–H and O–H groups in total. The van der Waals surface area contributed by atoms with Gasteiger partial charge in [0.1, 0.15) is 0 Å². The second kappa shape index (κ2) is 2.50. The van der Waals surface area contributed by atoms with E-state index in [0.717, 1.165) is 30.6 Å². The average Bonchev–Trinajstić information content (AvgIpc) is 2.72. The monoisotopic (exact) mass is 180 g/mol. The fraction of sp³-hybridized carbons (Fsp3) is 1.00. The molecule has 3 aliphatic carbocycles. The lowest BCUT2D eigenvalue weighted by Crippen LogP contribution is -2.40. The lowest BCUT2D eigenvalue weighted by atomic mass is 9.72. The second-order valence-electron chi connectivity index (χ2n) is 5.52. The summed E-state index contributed by atoms with van der Waals surface area (Å²) in [7, 11) is 0. The first kappa shape index (κ1) is 8.28. The van der Waals surface area contributed by atoms with E-state index in [1.165, 1.54) is 25.7 Å². The number of fused-ring (bicyclic) bond motifs is 5. The van der Waals surface area contributed by atoms with Gasteiger partial charge in [-0.15, -0.1) is 0 Å². The molecule has 0 saturated heterocycles. The summed E-state index contributed by atoms with van der Waals surface area (Å²) in [6.45, 7) is 2.16. The van der Waals surface area contributed by atoms with Gasteiger partial charge in [-0.25, -0.2) is 0 Å². The zero-order valence-corrected chi connectivity index (χ0v) is 8.50. The Kier molecular flexibility index (Phi) is 1.59. The van der Waals surface area contributed by atoms with Crippen LogP contribution in [0.1, 0.15) is 45.4 Å². The summed E-state index contributed by atoms with van der Waals surface area (Å²) < 4.78 is 0. The maximum absolute atomic E-state index is 10.4. The highest BCUT2D eigenvalue weighted by atomic mass is 16.3. The van der Waals surface area contributed by atoms with Gasteiger partial charge >= 0.3 is 0 Å². The minimum atomic E-state index is -0.254. The molecular formula is C12H20O. The SMILES string of the molecule is CCC1(O)C[C@@H]2C[C@H]1C1CCCC12. The fourth-order valence-corrected chi connectivity index (χ4v) is 4.64. The molecule has 0 spiro atoms. The summed E-state index contributed by atoms with van der Waals surface area (Å²) >= 11 is 0. The molecule has 74 valence electrons. The Morgan fingerprint density at radius 1 is 1.31 bits per heavy atom. The molecule has 3 rings (SSSR count). The molecule has 3 saturated carbocycles. The summed E-state index contributed by atoms with van der Waals surface area (Å²) in [4.78, 5) is 0. The number of aliphatic hydroxyl groups is 1. The van der Waals surface area contributed by atoms with E-state index in [2.05, 4.69) is 6.92 Å². The van der Waals surface area contributed by atoms with E-state index < -0.39 is 0 Å². The normalized spacial score (nSPS) is 58.6. The maximum Gasteiger partial charge on any atom is 0.0678 e. The largest absolute Gasteiger partial charge is 0.390 e. The van der Waals surface area contributed by atoms with Crippen LogP contribution >= 0.6 is 0 Å². The van der Waals surface area contributed by atoms with Gasteiger partial charge in [0, 0.05) is 0 Å². The molecule has 0 aromatic rings. The standard InChI is InChI=1S/C12H20O/c1-2-12(13)7-8-6-11(12)10-5-3-4-9(8)10/h8-11,13H,2-7H2,1H3/t8-,9?,10?,11-,12?/m0/s1. The van der Waals surface area contributed by atoms with Crippen LogP contribution in [0.15, 0.2) is 0 Å². The molecule has 1 heteroatoms. The molecule has 3 unspecified atom stereocenters. The zero-order chi connectivity index (χ0) is 9.05. The number of hydrogen-bond acceptors (Lipinski definition) is 1. The third kappa shape index (κ3) is 0.918. The predicted molar refractivity (Wildman–Crippen MR) is 52.3 cm³/mol. The van der Waals surface area contributed by atoms with Gasteiger partial charge < -0.3 is 5.11 Å². The van der Waals surface area contributed by atoms with Crippen molar-refractivity contribution in [1.29, 1.82) is 0 Å². The van der Waals surface area contributed by atoms with Crippen molar-refractivity contribution in [2.75, 3.05) is 0 Å². The average molecular weight is 180 g/mol. The Morgan fingerprint density at radius 2 is 2.08 bits per heavy atom. The van der Waals surface area contributed by atoms with Crippen LogP contribution in [0.4, 0.5) is 0 Å². The van der Waals surface area contributed by atoms with Gasteiger partial charge in [-0.1, -0.05) is 13.3 Å². The van der Waals surface area contributed by atoms with E-state index in [0.29, 0.717) is 5.92 Å². The maximum atomic E-state index is 10.4. The van der Waals surface area contributed by atoms with Gasteiger partial charge in [0.2, 0.25) is 0 Å². The van der Waals surface area contributed by atoms with Gasteiger partial charge in [-0.3, -0.25) is 0 Å². The smallest absolute Gasteiger partial charge is 0.0678 e. The van der Waals surface area contributed by atoms with Gasteiger partial charge in [0.05, 0.1) is 5.60 Å². The lowest BCUT2D eigenvalue weighted by molar-refractivity contribution is -0.0482. The first-order valence-electron chi connectivity index (χ1n) is 5.97. The molecule has 2 bridgehead atoms. The molecule has 0 heterocycles. The molecule has 3 fully saturated rings. The molecular weight excluding hydrogens is 160 g/mol. The first-order valence-corrected chi connectivity index (χ1v) is 5.97. The Balaban J connectivity index is 1.89. The lowest BCUT2D eigenvalue weighted by Gasteiger charge is -2.38. The van der Waals surface area contributed by atoms with Crippen molar-refractivity contribution in [2.24, 2.45) is 23.7 Å². The van der Waals surface area contributed by atoms with Crippen LogP contribution in [-0.2, 0) is 0 Å². The Bertz CT molecular complexity index is 225. The number of rotatable bonds is 1. The van der Waals surface area contributed by atoms with Crippen molar-refractivity contribution in [3.05, 3.63) is 0 Å². The summed E-state index contributed by atoms with van der Waals surface area (Å²) in [6, 6.07) is 0. The van der Waals surface area contributed by atoms with Gasteiger partial charge in [-0.05, 0) is 55.8 Å². The van der Waals surface area contributed by atoms with Crippen molar-refractivity contribution in [3.63, 3.8) is 0 Å². The van der Waals surface area contributed by atoms with E-state index in [1.54, 1.807) is 0 Å². The third-order valence-electron chi connectivity index (χ3n) is 5.22. The van der Waals surface area contributed by atoms with E-state index in [9.17, 15) is 5.11 Å². The number of hydrogen-bond donors (Lipinski definition) is 1. The fourth-order valence-electron chi connectivity index (χ4n) is 4.64. The predicted octanol–water partition coefficient (Wildman–Crippen LogP) is 2.58. The Hall–Kier alpha value is -0.0400. The van der Waals surface area contributed by atoms with Crippen LogP contribution in [0.3, 0.4) is 0 Å². The van der Waals surface area contributed by atoms with Crippen molar-refractivity contribution in [3.8, 4) is 0 Å². The quantitative estimate of drug-likeness (QED) is 0.657. The Labute approximate surface area is 80.5 Å². The van der Waals surface area contributed by atoms with Crippen LogP contribution in [0.5, 0.6) is 0 Å². The molecule has 0 aromatic carbocycles. The highest BCUT2D eigenvalue weighted by Crippen LogP contribution is 2.62. The van der Waals surface area contributed by atoms with E-state index in [-0.39, 0.29) is 5.60 Å². The van der Waals surface area contributed by atoms with Crippen LogP contribution in [0.25, 0.3) is 0 Å². The molecule has 1 nitrogen and oxygen atoms in total. The van der Waals surface area contributed by atoms with Crippen LogP contribution < -0.4 is 0 Å². The van der Waals surface area contributed by atoms with E-state index in [1.807, 2.05) is 0 Å². The van der Waals surface area contributed by atoms with Gasteiger partial charge in [0.25, 0.3) is 0 Å². The molecule has 3 aliphatic rings. The van der Waals surface area contributed by atoms with Crippen LogP contribution in [0.2, 0.25) is 0 Å². The topological polar surface area (TPSA) is 20.2 Å². The van der Waals surface area contributed by atoms with Crippen LogP contribution in [-0.4, -0.2) is 10.7 Å². The molecule has 0 aliphatic heterocycles. The van der Waals surface area contributed by atoms with E-state index >= 15 is 0 Å². The molecule has 0 radical (unpaired) electrons. The Morgan fingerprint density at radius 3 is 2.85 bits per heavy atom. The minimum absolute atomic E-state index is 0.254. The highest BCUT2D eigenvalue weighted by molar-refractivity contribution is 5.09. The second-order valence-corrected chi connectivity index (χ2v) is 5.52. The third-order valence-corrected chi connectivity index (χ3v) is 5.22. The van der Waals surface area contributed by atoms with Gasteiger partial charge in [0.15, 0.2) is 0 Å². The summed E-state index contributed by atoms with van der Waals surface area (Å²) in [5.74, 6) is 3.48. The van der Waals surface area contributed by atoms with E-state index in [4.69, 9.17) is 0 Å². The van der Waals surface area contributed by atoms with Crippen molar-refractivity contribution < 1.29 is 5.11 Å². The molecule has 0 aromatic heterocycles. The molecule has 0 amide bonds. The van der Waals surface area contributed by atoms with Gasteiger partial charge in [-0.2, -0.15) is 0 Å². The summed E-state index contributed by atoms with van der Waals surface area (Å²) in [5.41, 5.74) is -0.254. The van der Waals surface area contributed by atoms with Crippen molar-refractivity contribution in [1.82, 2.24) is 0 Å². The molecule has 13 heavy (non-hydrogen) atoms. The van der Waals surface area contributed by atoms with Crippen LogP contribution in [0, 0.1) is 23.7 Å². The summed E-state index contributed by atoms with van der Waals surface area (Å²) in [5, 5.41) is 10.4. The van der Waals surface area contributed by atoms with Crippen molar-refractivity contribution >= 4 is 0 Å². The highest BCUT2D eigenvalue weighted by Gasteiger charge is 2.59. The molecule has 5 atom stereocenters. The zero-order valence-electron chi connectivity index (χ0n) is 8.50. The first-order chi connectivity index (χ1) is 6.24. The summed E-state index contributed by atoms with van der Waals surface area (Å²) in [6.07, 6.45) is 7.76. The minimum Gasteiger partial charge on any atom is -0.390 e. The van der Waals surface area contributed by atoms with Crippen molar-refractivity contribution in [2.45, 2.75) is 51.0 Å².